The maximum absolute atomic E-state index is 12.0. The van der Waals surface area contributed by atoms with Crippen LogP contribution in [0.5, 0.6) is 0 Å². The van der Waals surface area contributed by atoms with Crippen molar-refractivity contribution in [2.45, 2.75) is 38.9 Å². The minimum atomic E-state index is -0.582. The second-order valence-electron chi connectivity index (χ2n) is 6.19. The number of ether oxygens (including phenoxy) is 1. The van der Waals surface area contributed by atoms with Crippen molar-refractivity contribution in [3.05, 3.63) is 35.4 Å². The van der Waals surface area contributed by atoms with Gasteiger partial charge in [0.05, 0.1) is 18.8 Å². The molecule has 2 atom stereocenters. The molecule has 23 heavy (non-hydrogen) atoms. The molecule has 1 fully saturated rings. The minimum Gasteiger partial charge on any atom is -0.387 e. The van der Waals surface area contributed by atoms with E-state index < -0.39 is 6.10 Å². The van der Waals surface area contributed by atoms with E-state index in [-0.39, 0.29) is 12.0 Å². The zero-order valence-corrected chi connectivity index (χ0v) is 14.1. The van der Waals surface area contributed by atoms with Crippen LogP contribution >= 0.6 is 0 Å². The monoisotopic (exact) mass is 320 g/mol. The molecular weight excluding hydrogens is 292 g/mol. The van der Waals surface area contributed by atoms with Gasteiger partial charge in [0, 0.05) is 19.7 Å². The van der Waals surface area contributed by atoms with E-state index in [1.807, 2.05) is 43.0 Å². The molecule has 1 heterocycles. The first-order valence-corrected chi connectivity index (χ1v) is 8.43. The SMILES string of the molecule is CCN(CC(=O)NCC1CCCO1)CC(O)c1ccc(C)cc1. The lowest BCUT2D eigenvalue weighted by Crippen LogP contribution is -2.41. The average molecular weight is 320 g/mol. The maximum atomic E-state index is 12.0. The highest BCUT2D eigenvalue weighted by molar-refractivity contribution is 5.78. The minimum absolute atomic E-state index is 0.0153. The summed E-state index contributed by atoms with van der Waals surface area (Å²) < 4.78 is 5.50. The van der Waals surface area contributed by atoms with E-state index in [1.54, 1.807) is 0 Å². The Labute approximate surface area is 138 Å². The summed E-state index contributed by atoms with van der Waals surface area (Å²) in [6.45, 7) is 6.86. The van der Waals surface area contributed by atoms with Crippen LogP contribution in [0.1, 0.15) is 37.0 Å². The number of aryl methyl sites for hydroxylation is 1. The first kappa shape index (κ1) is 17.9. The highest BCUT2D eigenvalue weighted by Crippen LogP contribution is 2.15. The predicted octanol–water partition coefficient (Wildman–Crippen LogP) is 1.65. The van der Waals surface area contributed by atoms with Gasteiger partial charge >= 0.3 is 0 Å². The molecule has 5 heteroatoms. The van der Waals surface area contributed by atoms with Crippen LogP contribution in [0.25, 0.3) is 0 Å². The molecule has 1 saturated heterocycles. The van der Waals surface area contributed by atoms with Crippen LogP contribution in [0.3, 0.4) is 0 Å². The summed E-state index contributed by atoms with van der Waals surface area (Å²) in [5.41, 5.74) is 2.05. The van der Waals surface area contributed by atoms with Gasteiger partial charge in [0.2, 0.25) is 5.91 Å². The van der Waals surface area contributed by atoms with Crippen molar-refractivity contribution in [3.63, 3.8) is 0 Å². The Bertz CT molecular complexity index is 484. The van der Waals surface area contributed by atoms with E-state index in [0.717, 1.165) is 31.6 Å². The van der Waals surface area contributed by atoms with E-state index in [4.69, 9.17) is 4.74 Å². The number of carbonyl (C=O) groups excluding carboxylic acids is 1. The molecule has 1 aliphatic heterocycles. The number of hydrogen-bond donors (Lipinski definition) is 2. The number of hydrogen-bond acceptors (Lipinski definition) is 4. The second-order valence-corrected chi connectivity index (χ2v) is 6.19. The first-order valence-electron chi connectivity index (χ1n) is 8.43. The Morgan fingerprint density at radius 3 is 2.78 bits per heavy atom. The van der Waals surface area contributed by atoms with Gasteiger partial charge in [0.1, 0.15) is 0 Å². The standard InChI is InChI=1S/C18H28N2O3/c1-3-20(12-17(21)15-8-6-14(2)7-9-15)13-18(22)19-11-16-5-4-10-23-16/h6-9,16-17,21H,3-5,10-13H2,1-2H3,(H,19,22). The number of aliphatic hydroxyl groups excluding tert-OH is 1. The summed E-state index contributed by atoms with van der Waals surface area (Å²) in [7, 11) is 0. The smallest absolute Gasteiger partial charge is 0.234 e. The second kappa shape index (κ2) is 9.01. The third-order valence-electron chi connectivity index (χ3n) is 4.26. The third kappa shape index (κ3) is 5.94. The molecule has 5 nitrogen and oxygen atoms in total. The van der Waals surface area contributed by atoms with Crippen molar-refractivity contribution in [1.29, 1.82) is 0 Å². The number of amides is 1. The van der Waals surface area contributed by atoms with Crippen LogP contribution < -0.4 is 5.32 Å². The molecular formula is C18H28N2O3. The van der Waals surface area contributed by atoms with Gasteiger partial charge < -0.3 is 15.2 Å². The fourth-order valence-electron chi connectivity index (χ4n) is 2.74. The predicted molar refractivity (Wildman–Crippen MR) is 90.2 cm³/mol. The Kier molecular flexibility index (Phi) is 7.02. The maximum Gasteiger partial charge on any atom is 0.234 e. The molecule has 0 aromatic heterocycles. The first-order chi connectivity index (χ1) is 11.1. The molecule has 2 unspecified atom stereocenters. The number of nitrogens with zero attached hydrogens (tertiary/aromatic N) is 1. The Morgan fingerprint density at radius 1 is 1.43 bits per heavy atom. The third-order valence-corrected chi connectivity index (χ3v) is 4.26. The summed E-state index contributed by atoms with van der Waals surface area (Å²) in [5, 5.41) is 13.3. The van der Waals surface area contributed by atoms with Crippen molar-refractivity contribution in [2.24, 2.45) is 0 Å². The lowest BCUT2D eigenvalue weighted by atomic mass is 10.1. The molecule has 1 aromatic rings. The van der Waals surface area contributed by atoms with Gasteiger partial charge in [-0.1, -0.05) is 36.8 Å². The summed E-state index contributed by atoms with van der Waals surface area (Å²) in [4.78, 5) is 14.0. The number of nitrogens with one attached hydrogen (secondary N) is 1. The van der Waals surface area contributed by atoms with E-state index in [9.17, 15) is 9.90 Å². The summed E-state index contributed by atoms with van der Waals surface area (Å²) in [6, 6.07) is 7.85. The van der Waals surface area contributed by atoms with Crippen LogP contribution in [0.4, 0.5) is 0 Å². The van der Waals surface area contributed by atoms with Gasteiger partial charge in [-0.2, -0.15) is 0 Å². The average Bonchev–Trinajstić information content (AvgIpc) is 3.06. The van der Waals surface area contributed by atoms with E-state index in [0.29, 0.717) is 19.6 Å². The Hall–Kier alpha value is -1.43. The van der Waals surface area contributed by atoms with Crippen molar-refractivity contribution >= 4 is 5.91 Å². The van der Waals surface area contributed by atoms with E-state index in [2.05, 4.69) is 5.32 Å². The van der Waals surface area contributed by atoms with Crippen LogP contribution in [0.15, 0.2) is 24.3 Å². The number of likely N-dealkylation sites (N-methyl/N-ethyl adjacent to an activating group) is 1. The molecule has 0 bridgehead atoms. The molecule has 1 aromatic carbocycles. The fraction of sp³-hybridized carbons (Fsp3) is 0.611. The van der Waals surface area contributed by atoms with E-state index in [1.165, 1.54) is 5.56 Å². The fourth-order valence-corrected chi connectivity index (χ4v) is 2.74. The molecule has 128 valence electrons. The number of aliphatic hydroxyl groups is 1. The van der Waals surface area contributed by atoms with Gasteiger partial charge in [-0.05, 0) is 31.9 Å². The zero-order valence-electron chi connectivity index (χ0n) is 14.1. The molecule has 0 spiro atoms. The lowest BCUT2D eigenvalue weighted by Gasteiger charge is -2.23. The largest absolute Gasteiger partial charge is 0.387 e. The molecule has 1 aliphatic rings. The van der Waals surface area contributed by atoms with Crippen LogP contribution in [0, 0.1) is 6.92 Å². The molecule has 2 rings (SSSR count). The summed E-state index contributed by atoms with van der Waals surface area (Å²) in [5.74, 6) is -0.0153. The molecule has 0 saturated carbocycles. The van der Waals surface area contributed by atoms with E-state index >= 15 is 0 Å². The van der Waals surface area contributed by atoms with Crippen LogP contribution in [0.2, 0.25) is 0 Å². The molecule has 1 amide bonds. The highest BCUT2D eigenvalue weighted by Gasteiger charge is 2.18. The number of rotatable bonds is 8. The van der Waals surface area contributed by atoms with Crippen molar-refractivity contribution in [2.75, 3.05) is 32.8 Å². The van der Waals surface area contributed by atoms with Gasteiger partial charge in [-0.15, -0.1) is 0 Å². The van der Waals surface area contributed by atoms with Crippen molar-refractivity contribution in [3.8, 4) is 0 Å². The molecule has 2 N–H and O–H groups in total. The normalized spacial score (nSPS) is 19.0. The summed E-state index contributed by atoms with van der Waals surface area (Å²) in [6.07, 6.45) is 1.67. The van der Waals surface area contributed by atoms with Crippen molar-refractivity contribution in [1.82, 2.24) is 10.2 Å². The highest BCUT2D eigenvalue weighted by atomic mass is 16.5. The quantitative estimate of drug-likeness (QED) is 0.764. The molecule has 0 radical (unpaired) electrons. The number of benzene rings is 1. The van der Waals surface area contributed by atoms with Gasteiger partial charge in [-0.3, -0.25) is 9.69 Å². The Balaban J connectivity index is 1.77. The van der Waals surface area contributed by atoms with Gasteiger partial charge in [-0.25, -0.2) is 0 Å². The van der Waals surface area contributed by atoms with Crippen molar-refractivity contribution < 1.29 is 14.6 Å². The van der Waals surface area contributed by atoms with Gasteiger partial charge in [0.25, 0.3) is 0 Å². The van der Waals surface area contributed by atoms with Crippen LogP contribution in [-0.2, 0) is 9.53 Å². The summed E-state index contributed by atoms with van der Waals surface area (Å²) >= 11 is 0. The van der Waals surface area contributed by atoms with Gasteiger partial charge in [0.15, 0.2) is 0 Å². The number of carbonyl (C=O) groups is 1. The zero-order chi connectivity index (χ0) is 16.7. The Morgan fingerprint density at radius 2 is 2.17 bits per heavy atom. The lowest BCUT2D eigenvalue weighted by molar-refractivity contribution is -0.123. The topological polar surface area (TPSA) is 61.8 Å². The van der Waals surface area contributed by atoms with Crippen LogP contribution in [-0.4, -0.2) is 54.8 Å². The molecule has 0 aliphatic carbocycles.